The van der Waals surface area contributed by atoms with Crippen molar-refractivity contribution in [2.75, 3.05) is 23.8 Å². The number of para-hydroxylation sites is 2. The molecule has 0 atom stereocenters. The van der Waals surface area contributed by atoms with E-state index in [0.29, 0.717) is 40.2 Å². The van der Waals surface area contributed by atoms with Gasteiger partial charge in [-0.1, -0.05) is 35.3 Å². The lowest BCUT2D eigenvalue weighted by Gasteiger charge is -2.21. The zero-order valence-electron chi connectivity index (χ0n) is 11.0. The fraction of sp³-hybridized carbons (Fsp3) is 0.133. The molecule has 0 aromatic heterocycles. The molecule has 6 heteroatoms. The van der Waals surface area contributed by atoms with Crippen LogP contribution in [0.5, 0.6) is 5.75 Å². The van der Waals surface area contributed by atoms with Gasteiger partial charge < -0.3 is 15.4 Å². The highest BCUT2D eigenvalue weighted by Gasteiger charge is 2.20. The molecule has 2 aromatic rings. The van der Waals surface area contributed by atoms with E-state index in [-0.39, 0.29) is 5.91 Å². The zero-order valence-corrected chi connectivity index (χ0v) is 12.5. The van der Waals surface area contributed by atoms with Crippen LogP contribution in [0.3, 0.4) is 0 Å². The van der Waals surface area contributed by atoms with E-state index >= 15 is 0 Å². The third-order valence-electron chi connectivity index (χ3n) is 3.12. The van der Waals surface area contributed by atoms with Gasteiger partial charge in [0.1, 0.15) is 6.61 Å². The van der Waals surface area contributed by atoms with Gasteiger partial charge in [-0.15, -0.1) is 0 Å². The lowest BCUT2D eigenvalue weighted by atomic mass is 10.1. The maximum atomic E-state index is 12.5. The quantitative estimate of drug-likeness (QED) is 0.876. The first-order valence-corrected chi connectivity index (χ1v) is 7.17. The number of hydrogen-bond acceptors (Lipinski definition) is 3. The fourth-order valence-electron chi connectivity index (χ4n) is 2.15. The van der Waals surface area contributed by atoms with Gasteiger partial charge in [-0.2, -0.15) is 0 Å². The van der Waals surface area contributed by atoms with Crippen LogP contribution < -0.4 is 15.4 Å². The Labute approximate surface area is 132 Å². The van der Waals surface area contributed by atoms with E-state index in [1.807, 2.05) is 6.07 Å². The second-order valence-corrected chi connectivity index (χ2v) is 5.32. The molecule has 0 fully saturated rings. The standard InChI is InChI=1S/C15H12Cl2N2O2/c16-10-4-2-5-11(17)13(10)19-15(20)9-3-1-6-12-14(9)21-8-7-18-12/h1-6,18H,7-8H2,(H,19,20). The Morgan fingerprint density at radius 2 is 1.86 bits per heavy atom. The van der Waals surface area contributed by atoms with Crippen molar-refractivity contribution in [1.82, 2.24) is 0 Å². The van der Waals surface area contributed by atoms with Gasteiger partial charge in [0, 0.05) is 6.54 Å². The van der Waals surface area contributed by atoms with Crippen molar-refractivity contribution in [2.24, 2.45) is 0 Å². The Morgan fingerprint density at radius 3 is 2.62 bits per heavy atom. The minimum atomic E-state index is -0.314. The van der Waals surface area contributed by atoms with Crippen LogP contribution in [0.2, 0.25) is 10.0 Å². The summed E-state index contributed by atoms with van der Waals surface area (Å²) in [6.07, 6.45) is 0. The number of anilines is 2. The summed E-state index contributed by atoms with van der Waals surface area (Å²) in [5, 5.41) is 6.70. The number of amides is 1. The van der Waals surface area contributed by atoms with Gasteiger partial charge >= 0.3 is 0 Å². The highest BCUT2D eigenvalue weighted by Crippen LogP contribution is 2.34. The molecule has 0 bridgehead atoms. The summed E-state index contributed by atoms with van der Waals surface area (Å²) in [7, 11) is 0. The highest BCUT2D eigenvalue weighted by atomic mass is 35.5. The van der Waals surface area contributed by atoms with Crippen molar-refractivity contribution in [3.63, 3.8) is 0 Å². The van der Waals surface area contributed by atoms with E-state index in [1.165, 1.54) is 0 Å². The number of rotatable bonds is 2. The summed E-state index contributed by atoms with van der Waals surface area (Å²) in [5.74, 6) is 0.231. The molecule has 4 nitrogen and oxygen atoms in total. The van der Waals surface area contributed by atoms with Crippen molar-refractivity contribution in [2.45, 2.75) is 0 Å². The molecule has 0 aliphatic carbocycles. The molecule has 2 N–H and O–H groups in total. The van der Waals surface area contributed by atoms with Crippen molar-refractivity contribution in [3.8, 4) is 5.75 Å². The van der Waals surface area contributed by atoms with Crippen molar-refractivity contribution >= 4 is 40.5 Å². The van der Waals surface area contributed by atoms with Gasteiger partial charge in [-0.25, -0.2) is 0 Å². The Balaban J connectivity index is 1.93. The number of halogens is 2. The molecule has 108 valence electrons. The van der Waals surface area contributed by atoms with Crippen LogP contribution in [0, 0.1) is 0 Å². The van der Waals surface area contributed by atoms with E-state index in [1.54, 1.807) is 30.3 Å². The van der Waals surface area contributed by atoms with Crippen LogP contribution in [0.1, 0.15) is 10.4 Å². The SMILES string of the molecule is O=C(Nc1c(Cl)cccc1Cl)c1cccc2c1OCCN2. The zero-order chi connectivity index (χ0) is 14.8. The molecule has 21 heavy (non-hydrogen) atoms. The molecule has 1 amide bonds. The molecule has 1 aliphatic rings. The van der Waals surface area contributed by atoms with E-state index in [0.717, 1.165) is 5.69 Å². The van der Waals surface area contributed by atoms with E-state index in [2.05, 4.69) is 10.6 Å². The summed E-state index contributed by atoms with van der Waals surface area (Å²) in [6, 6.07) is 10.4. The monoisotopic (exact) mass is 322 g/mol. The Hall–Kier alpha value is -1.91. The van der Waals surface area contributed by atoms with Crippen LogP contribution in [-0.4, -0.2) is 19.1 Å². The number of carbonyl (C=O) groups excluding carboxylic acids is 1. The van der Waals surface area contributed by atoms with Crippen LogP contribution in [0.25, 0.3) is 0 Å². The molecule has 0 saturated carbocycles. The van der Waals surface area contributed by atoms with Crippen LogP contribution in [-0.2, 0) is 0 Å². The second kappa shape index (κ2) is 5.84. The molecule has 0 spiro atoms. The first-order chi connectivity index (χ1) is 10.2. The molecule has 1 heterocycles. The first-order valence-electron chi connectivity index (χ1n) is 6.42. The third-order valence-corrected chi connectivity index (χ3v) is 3.75. The van der Waals surface area contributed by atoms with Crippen LogP contribution in [0.4, 0.5) is 11.4 Å². The summed E-state index contributed by atoms with van der Waals surface area (Å²) < 4.78 is 5.58. The summed E-state index contributed by atoms with van der Waals surface area (Å²) in [6.45, 7) is 1.23. The predicted molar refractivity (Wildman–Crippen MR) is 84.8 cm³/mol. The normalized spacial score (nSPS) is 12.9. The molecule has 0 unspecified atom stereocenters. The second-order valence-electron chi connectivity index (χ2n) is 4.51. The Kier molecular flexibility index (Phi) is 3.90. The number of nitrogens with one attached hydrogen (secondary N) is 2. The minimum Gasteiger partial charge on any atom is -0.489 e. The van der Waals surface area contributed by atoms with Gasteiger partial charge in [-0.05, 0) is 24.3 Å². The van der Waals surface area contributed by atoms with Crippen LogP contribution in [0.15, 0.2) is 36.4 Å². The maximum Gasteiger partial charge on any atom is 0.259 e. The number of carbonyl (C=O) groups is 1. The van der Waals surface area contributed by atoms with E-state index in [9.17, 15) is 4.79 Å². The number of fused-ring (bicyclic) bond motifs is 1. The predicted octanol–water partition coefficient (Wildman–Crippen LogP) is 4.05. The van der Waals surface area contributed by atoms with Gasteiger partial charge in [0.05, 0.1) is 27.0 Å². The van der Waals surface area contributed by atoms with Gasteiger partial charge in [0.2, 0.25) is 0 Å². The van der Waals surface area contributed by atoms with Gasteiger partial charge in [0.15, 0.2) is 5.75 Å². The van der Waals surface area contributed by atoms with Crippen molar-refractivity contribution in [1.29, 1.82) is 0 Å². The highest BCUT2D eigenvalue weighted by molar-refractivity contribution is 6.40. The lowest BCUT2D eigenvalue weighted by Crippen LogP contribution is -2.22. The minimum absolute atomic E-state index is 0.314. The van der Waals surface area contributed by atoms with Gasteiger partial charge in [-0.3, -0.25) is 4.79 Å². The first kappa shape index (κ1) is 14.0. The van der Waals surface area contributed by atoms with E-state index < -0.39 is 0 Å². The van der Waals surface area contributed by atoms with Crippen molar-refractivity contribution in [3.05, 3.63) is 52.0 Å². The summed E-state index contributed by atoms with van der Waals surface area (Å²) in [5.41, 5.74) is 1.64. The number of benzene rings is 2. The maximum absolute atomic E-state index is 12.5. The fourth-order valence-corrected chi connectivity index (χ4v) is 2.64. The smallest absolute Gasteiger partial charge is 0.259 e. The third kappa shape index (κ3) is 2.77. The Morgan fingerprint density at radius 1 is 1.14 bits per heavy atom. The number of ether oxygens (including phenoxy) is 1. The average molecular weight is 323 g/mol. The van der Waals surface area contributed by atoms with Crippen molar-refractivity contribution < 1.29 is 9.53 Å². The molecular formula is C15H12Cl2N2O2. The summed E-state index contributed by atoms with van der Waals surface area (Å²) >= 11 is 12.1. The molecule has 0 saturated heterocycles. The number of hydrogen-bond donors (Lipinski definition) is 2. The average Bonchev–Trinajstić information content (AvgIpc) is 2.50. The van der Waals surface area contributed by atoms with Gasteiger partial charge in [0.25, 0.3) is 5.91 Å². The largest absolute Gasteiger partial charge is 0.489 e. The molecule has 3 rings (SSSR count). The van der Waals surface area contributed by atoms with E-state index in [4.69, 9.17) is 27.9 Å². The molecule has 0 radical (unpaired) electrons. The Bertz CT molecular complexity index is 684. The molecule has 1 aliphatic heterocycles. The topological polar surface area (TPSA) is 50.4 Å². The summed E-state index contributed by atoms with van der Waals surface area (Å²) in [4.78, 5) is 12.5. The van der Waals surface area contributed by atoms with Crippen LogP contribution >= 0.6 is 23.2 Å². The lowest BCUT2D eigenvalue weighted by molar-refractivity contribution is 0.102. The molecule has 2 aromatic carbocycles. The molecular weight excluding hydrogens is 311 g/mol.